The third kappa shape index (κ3) is 4.66. The van der Waals surface area contributed by atoms with Gasteiger partial charge in [0, 0.05) is 33.3 Å². The molecule has 0 spiro atoms. The molecule has 1 heterocycles. The van der Waals surface area contributed by atoms with Crippen LogP contribution in [0.4, 0.5) is 0 Å². The van der Waals surface area contributed by atoms with Crippen LogP contribution in [0.2, 0.25) is 37.3 Å². The number of hydrogen-bond donors (Lipinski definition) is 0. The lowest BCUT2D eigenvalue weighted by atomic mass is 10.4. The van der Waals surface area contributed by atoms with Crippen LogP contribution in [-0.4, -0.2) is 65.9 Å². The van der Waals surface area contributed by atoms with Crippen LogP contribution in [-0.2, 0) is 4.43 Å². The Morgan fingerprint density at radius 1 is 0.900 bits per heavy atom. The van der Waals surface area contributed by atoms with Crippen LogP contribution < -0.4 is 0 Å². The third-order valence-corrected chi connectivity index (χ3v) is 13.9. The van der Waals surface area contributed by atoms with Gasteiger partial charge in [-0.25, -0.2) is 0 Å². The van der Waals surface area contributed by atoms with E-state index in [1.54, 1.807) is 0 Å². The third-order valence-electron chi connectivity index (χ3n) is 5.60. The number of piperazine rings is 1. The number of rotatable bonds is 8. The molecule has 0 atom stereocenters. The van der Waals surface area contributed by atoms with Crippen LogP contribution in [0.5, 0.6) is 0 Å². The molecule has 3 nitrogen and oxygen atoms in total. The molecule has 0 radical (unpaired) electrons. The smallest absolute Gasteiger partial charge is 0.187 e. The minimum absolute atomic E-state index is 1.12. The van der Waals surface area contributed by atoms with E-state index < -0.39 is 16.6 Å². The van der Waals surface area contributed by atoms with Crippen LogP contribution in [0.15, 0.2) is 0 Å². The average Bonchev–Trinajstić information content (AvgIpc) is 2.49. The summed E-state index contributed by atoms with van der Waals surface area (Å²) in [6.07, 6.45) is 0. The molecule has 0 aliphatic carbocycles. The Labute approximate surface area is 128 Å². The molecule has 20 heavy (non-hydrogen) atoms. The molecule has 1 aliphatic rings. The van der Waals surface area contributed by atoms with Gasteiger partial charge in [-0.1, -0.05) is 20.8 Å². The van der Waals surface area contributed by atoms with E-state index in [1.807, 2.05) is 7.11 Å². The predicted molar refractivity (Wildman–Crippen MR) is 94.5 cm³/mol. The quantitative estimate of drug-likeness (QED) is 0.638. The van der Waals surface area contributed by atoms with Gasteiger partial charge in [-0.15, -0.1) is 0 Å². The van der Waals surface area contributed by atoms with Gasteiger partial charge in [0.05, 0.1) is 0 Å². The largest absolute Gasteiger partial charge is 0.420 e. The zero-order valence-electron chi connectivity index (χ0n) is 14.7. The van der Waals surface area contributed by atoms with Gasteiger partial charge in [0.25, 0.3) is 0 Å². The van der Waals surface area contributed by atoms with Gasteiger partial charge in [0.15, 0.2) is 8.32 Å². The van der Waals surface area contributed by atoms with E-state index in [0.29, 0.717) is 0 Å². The first-order valence-electron chi connectivity index (χ1n) is 8.45. The molecule has 1 fully saturated rings. The molecule has 1 aliphatic heterocycles. The topological polar surface area (TPSA) is 15.7 Å². The molecule has 120 valence electrons. The zero-order chi connectivity index (χ0) is 15.2. The summed E-state index contributed by atoms with van der Waals surface area (Å²) in [4.78, 5) is 2.66. The minimum Gasteiger partial charge on any atom is -0.420 e. The lowest BCUT2D eigenvalue weighted by Crippen LogP contribution is -2.59. The molecule has 0 bridgehead atoms. The Balaban J connectivity index is 2.43. The van der Waals surface area contributed by atoms with Crippen LogP contribution in [0.1, 0.15) is 20.8 Å². The monoisotopic (exact) mass is 316 g/mol. The molecule has 0 aromatic rings. The fourth-order valence-electron chi connectivity index (χ4n) is 3.40. The maximum atomic E-state index is 5.66. The first kappa shape index (κ1) is 18.4. The summed E-state index contributed by atoms with van der Waals surface area (Å²) in [6, 6.07) is 5.53. The highest BCUT2D eigenvalue weighted by Gasteiger charge is 2.36. The molecule has 5 heteroatoms. The Morgan fingerprint density at radius 2 is 1.40 bits per heavy atom. The number of nitrogens with zero attached hydrogens (tertiary/aromatic N) is 2. The Hall–Kier alpha value is 0.314. The SMILES string of the molecule is CC[Si](CC)(CC)N1CCN(CC[Si](C)(C)OC)CC1. The van der Waals surface area contributed by atoms with E-state index in [9.17, 15) is 0 Å². The molecular formula is C15H36N2OSi2. The molecule has 0 aromatic heterocycles. The molecule has 1 rings (SSSR count). The van der Waals surface area contributed by atoms with E-state index in [4.69, 9.17) is 4.43 Å². The van der Waals surface area contributed by atoms with Gasteiger partial charge in [-0.2, -0.15) is 0 Å². The summed E-state index contributed by atoms with van der Waals surface area (Å²) in [7, 11) is -0.621. The van der Waals surface area contributed by atoms with Crippen LogP contribution in [0.25, 0.3) is 0 Å². The average molecular weight is 317 g/mol. The fourth-order valence-corrected chi connectivity index (χ4v) is 8.45. The zero-order valence-corrected chi connectivity index (χ0v) is 16.7. The summed E-state index contributed by atoms with van der Waals surface area (Å²) in [5.41, 5.74) is 0. The molecule has 0 unspecified atom stereocenters. The summed E-state index contributed by atoms with van der Waals surface area (Å²) in [5.74, 6) is 0. The van der Waals surface area contributed by atoms with Crippen molar-refractivity contribution in [3.63, 3.8) is 0 Å². The van der Waals surface area contributed by atoms with Crippen molar-refractivity contribution in [2.24, 2.45) is 0 Å². The fraction of sp³-hybridized carbons (Fsp3) is 1.00. The van der Waals surface area contributed by atoms with Crippen molar-refractivity contribution in [1.29, 1.82) is 0 Å². The van der Waals surface area contributed by atoms with Gasteiger partial charge in [-0.05, 0) is 43.8 Å². The van der Waals surface area contributed by atoms with Gasteiger partial charge < -0.3 is 13.9 Å². The van der Waals surface area contributed by atoms with Crippen molar-refractivity contribution >= 4 is 16.6 Å². The molecule has 0 saturated carbocycles. The van der Waals surface area contributed by atoms with Crippen molar-refractivity contribution in [2.45, 2.75) is 58.0 Å². The van der Waals surface area contributed by atoms with Crippen LogP contribution in [0, 0.1) is 0 Å². The summed E-state index contributed by atoms with van der Waals surface area (Å²) in [6.45, 7) is 18.3. The summed E-state index contributed by atoms with van der Waals surface area (Å²) < 4.78 is 8.56. The van der Waals surface area contributed by atoms with Crippen molar-refractivity contribution in [3.05, 3.63) is 0 Å². The van der Waals surface area contributed by atoms with Crippen molar-refractivity contribution in [1.82, 2.24) is 9.47 Å². The number of hydrogen-bond acceptors (Lipinski definition) is 3. The predicted octanol–water partition coefficient (Wildman–Crippen LogP) is 3.46. The molecule has 0 N–H and O–H groups in total. The molecule has 0 amide bonds. The van der Waals surface area contributed by atoms with Crippen LogP contribution >= 0.6 is 0 Å². The second kappa shape index (κ2) is 8.08. The van der Waals surface area contributed by atoms with Crippen molar-refractivity contribution in [2.75, 3.05) is 39.8 Å². The van der Waals surface area contributed by atoms with Crippen molar-refractivity contribution in [3.8, 4) is 0 Å². The van der Waals surface area contributed by atoms with Crippen LogP contribution in [0.3, 0.4) is 0 Å². The molecule has 1 saturated heterocycles. The first-order valence-corrected chi connectivity index (χ1v) is 14.1. The van der Waals surface area contributed by atoms with E-state index in [-0.39, 0.29) is 0 Å². The lowest BCUT2D eigenvalue weighted by molar-refractivity contribution is 0.187. The Bertz CT molecular complexity index is 267. The summed E-state index contributed by atoms with van der Waals surface area (Å²) >= 11 is 0. The van der Waals surface area contributed by atoms with E-state index in [2.05, 4.69) is 43.3 Å². The van der Waals surface area contributed by atoms with Gasteiger partial charge in [-0.3, -0.25) is 0 Å². The second-order valence-corrected chi connectivity index (χ2v) is 16.5. The van der Waals surface area contributed by atoms with E-state index in [1.165, 1.54) is 56.9 Å². The van der Waals surface area contributed by atoms with E-state index >= 15 is 0 Å². The van der Waals surface area contributed by atoms with Gasteiger partial charge in [0.2, 0.25) is 0 Å². The van der Waals surface area contributed by atoms with Gasteiger partial charge in [0.1, 0.15) is 8.24 Å². The van der Waals surface area contributed by atoms with E-state index in [0.717, 1.165) is 0 Å². The van der Waals surface area contributed by atoms with Crippen molar-refractivity contribution < 1.29 is 4.43 Å². The minimum atomic E-state index is -1.38. The molecule has 0 aromatic carbocycles. The second-order valence-electron chi connectivity index (χ2n) is 6.83. The molecular weight excluding hydrogens is 280 g/mol. The lowest BCUT2D eigenvalue weighted by Gasteiger charge is -2.46. The standard InChI is InChI=1S/C15H36N2OSi2/c1-7-20(8-2,9-3)17-12-10-16(11-13-17)14-15-19(5,6)18-4/h7-15H2,1-6H3. The Morgan fingerprint density at radius 3 is 1.80 bits per heavy atom. The first-order chi connectivity index (χ1) is 9.43. The summed E-state index contributed by atoms with van der Waals surface area (Å²) in [5, 5.41) is 0. The highest BCUT2D eigenvalue weighted by Crippen LogP contribution is 2.26. The maximum absolute atomic E-state index is 5.66. The van der Waals surface area contributed by atoms with Gasteiger partial charge >= 0.3 is 0 Å². The highest BCUT2D eigenvalue weighted by atomic mass is 28.4. The maximum Gasteiger partial charge on any atom is 0.187 e. The normalized spacial score (nSPS) is 19.5. The highest BCUT2D eigenvalue weighted by molar-refractivity contribution is 6.77. The Kier molecular flexibility index (Phi) is 7.42.